The second kappa shape index (κ2) is 6.87. The topological polar surface area (TPSA) is 58.1 Å². The number of hydrogen-bond donors (Lipinski definition) is 1. The molecule has 0 bridgehead atoms. The van der Waals surface area contributed by atoms with E-state index in [-0.39, 0.29) is 6.03 Å². The van der Waals surface area contributed by atoms with Crippen molar-refractivity contribution < 1.29 is 4.79 Å². The molecule has 2 heterocycles. The largest absolute Gasteiger partial charge is 0.324 e. The van der Waals surface area contributed by atoms with Crippen molar-refractivity contribution >= 4 is 22.5 Å². The average molecular weight is 316 g/mol. The van der Waals surface area contributed by atoms with E-state index in [1.54, 1.807) is 0 Å². The highest BCUT2D eigenvalue weighted by molar-refractivity contribution is 7.15. The highest BCUT2D eigenvalue weighted by Gasteiger charge is 2.22. The van der Waals surface area contributed by atoms with Crippen molar-refractivity contribution in [2.45, 2.75) is 32.1 Å². The summed E-state index contributed by atoms with van der Waals surface area (Å²) >= 11 is 1.40. The van der Waals surface area contributed by atoms with Crippen LogP contribution in [0.2, 0.25) is 0 Å². The van der Waals surface area contributed by atoms with Gasteiger partial charge in [-0.25, -0.2) is 4.79 Å². The molecule has 2 aromatic rings. The third-order valence-electron chi connectivity index (χ3n) is 4.03. The van der Waals surface area contributed by atoms with Crippen LogP contribution in [0.1, 0.15) is 35.8 Å². The van der Waals surface area contributed by atoms with Gasteiger partial charge in [0, 0.05) is 13.1 Å². The Bertz CT molecular complexity index is 628. The summed E-state index contributed by atoms with van der Waals surface area (Å²) in [6.45, 7) is 3.46. The number of aromatic nitrogens is 2. The van der Waals surface area contributed by atoms with Crippen LogP contribution in [0.3, 0.4) is 0 Å². The number of hydrogen-bond acceptors (Lipinski definition) is 4. The van der Waals surface area contributed by atoms with Crippen LogP contribution in [-0.2, 0) is 0 Å². The predicted octanol–water partition coefficient (Wildman–Crippen LogP) is 3.65. The number of aryl methyl sites for hydroxylation is 1. The van der Waals surface area contributed by atoms with Gasteiger partial charge in [-0.3, -0.25) is 5.32 Å². The maximum atomic E-state index is 12.3. The molecule has 0 spiro atoms. The number of nitrogens with zero attached hydrogens (tertiary/aromatic N) is 3. The Balaban J connectivity index is 1.59. The number of anilines is 1. The molecule has 6 heteroatoms. The van der Waals surface area contributed by atoms with Crippen LogP contribution in [0.15, 0.2) is 30.3 Å². The molecule has 1 N–H and O–H groups in total. The van der Waals surface area contributed by atoms with E-state index in [9.17, 15) is 4.79 Å². The van der Waals surface area contributed by atoms with Crippen LogP contribution in [0.5, 0.6) is 0 Å². The van der Waals surface area contributed by atoms with E-state index in [4.69, 9.17) is 0 Å². The highest BCUT2D eigenvalue weighted by atomic mass is 32.1. The Morgan fingerprint density at radius 3 is 2.77 bits per heavy atom. The fourth-order valence-electron chi connectivity index (χ4n) is 2.88. The fraction of sp³-hybridized carbons (Fsp3) is 0.438. The maximum absolute atomic E-state index is 12.3. The van der Waals surface area contributed by atoms with Gasteiger partial charge in [-0.05, 0) is 37.7 Å². The number of nitrogens with one attached hydrogen (secondary N) is 1. The third-order valence-corrected chi connectivity index (χ3v) is 4.78. The molecule has 1 fully saturated rings. The van der Waals surface area contributed by atoms with Gasteiger partial charge in [0.15, 0.2) is 0 Å². The second-order valence-corrected chi connectivity index (χ2v) is 6.76. The molecule has 1 aromatic heterocycles. The molecule has 5 nitrogen and oxygen atoms in total. The molecule has 1 atom stereocenters. The second-order valence-electron chi connectivity index (χ2n) is 5.58. The lowest BCUT2D eigenvalue weighted by molar-refractivity contribution is 0.213. The van der Waals surface area contributed by atoms with Gasteiger partial charge in [0.05, 0.1) is 0 Å². The van der Waals surface area contributed by atoms with Crippen LogP contribution < -0.4 is 5.32 Å². The van der Waals surface area contributed by atoms with Gasteiger partial charge >= 0.3 is 6.03 Å². The summed E-state index contributed by atoms with van der Waals surface area (Å²) in [5, 5.41) is 12.1. The summed E-state index contributed by atoms with van der Waals surface area (Å²) < 4.78 is 0. The lowest BCUT2D eigenvalue weighted by Crippen LogP contribution is -2.35. The first-order valence-corrected chi connectivity index (χ1v) is 8.45. The first-order valence-electron chi connectivity index (χ1n) is 7.63. The van der Waals surface area contributed by atoms with Gasteiger partial charge in [-0.2, -0.15) is 0 Å². The Morgan fingerprint density at radius 2 is 2.05 bits per heavy atom. The summed E-state index contributed by atoms with van der Waals surface area (Å²) in [7, 11) is 0. The van der Waals surface area contributed by atoms with Crippen LogP contribution in [0.4, 0.5) is 9.93 Å². The lowest BCUT2D eigenvalue weighted by Gasteiger charge is -2.20. The van der Waals surface area contributed by atoms with Crippen LogP contribution in [0, 0.1) is 6.92 Å². The van der Waals surface area contributed by atoms with E-state index in [1.807, 2.05) is 17.9 Å². The molecule has 0 saturated carbocycles. The Kier molecular flexibility index (Phi) is 4.68. The Morgan fingerprint density at radius 1 is 1.23 bits per heavy atom. The SMILES string of the molecule is Cc1nnc(NC(=O)N2CCCC(c3ccccc3)CC2)s1. The molecule has 0 radical (unpaired) electrons. The number of rotatable bonds is 2. The first-order chi connectivity index (χ1) is 10.7. The smallest absolute Gasteiger partial charge is 0.323 e. The zero-order valence-corrected chi connectivity index (χ0v) is 13.5. The maximum Gasteiger partial charge on any atom is 0.323 e. The lowest BCUT2D eigenvalue weighted by atomic mass is 9.92. The van der Waals surface area contributed by atoms with Gasteiger partial charge in [-0.1, -0.05) is 41.7 Å². The molecule has 22 heavy (non-hydrogen) atoms. The zero-order chi connectivity index (χ0) is 15.4. The van der Waals surface area contributed by atoms with E-state index in [0.29, 0.717) is 11.0 Å². The minimum atomic E-state index is -0.0649. The van der Waals surface area contributed by atoms with Crippen molar-refractivity contribution in [1.82, 2.24) is 15.1 Å². The summed E-state index contributed by atoms with van der Waals surface area (Å²) in [5.41, 5.74) is 1.38. The predicted molar refractivity (Wildman–Crippen MR) is 88.3 cm³/mol. The van der Waals surface area contributed by atoms with Crippen molar-refractivity contribution in [3.8, 4) is 0 Å². The standard InChI is InChI=1S/C16H20N4OS/c1-12-18-19-15(22-12)17-16(21)20-10-5-8-14(9-11-20)13-6-3-2-4-7-13/h2-4,6-7,14H,5,8-11H2,1H3,(H,17,19,21). The minimum absolute atomic E-state index is 0.0649. The fourth-order valence-corrected chi connectivity index (χ4v) is 3.46. The summed E-state index contributed by atoms with van der Waals surface area (Å²) in [4.78, 5) is 14.2. The Labute approximate surface area is 134 Å². The molecule has 1 unspecified atom stereocenters. The van der Waals surface area contributed by atoms with Crippen molar-refractivity contribution in [3.63, 3.8) is 0 Å². The number of likely N-dealkylation sites (tertiary alicyclic amines) is 1. The normalized spacial score (nSPS) is 18.8. The van der Waals surface area contributed by atoms with Crippen molar-refractivity contribution in [1.29, 1.82) is 0 Å². The minimum Gasteiger partial charge on any atom is -0.324 e. The molecule has 0 aliphatic carbocycles. The quantitative estimate of drug-likeness (QED) is 0.920. The van der Waals surface area contributed by atoms with Gasteiger partial charge < -0.3 is 4.90 Å². The van der Waals surface area contributed by atoms with Gasteiger partial charge in [0.1, 0.15) is 5.01 Å². The number of carbonyl (C=O) groups excluding carboxylic acids is 1. The molecular weight excluding hydrogens is 296 g/mol. The number of benzene rings is 1. The Hall–Kier alpha value is -1.95. The molecular formula is C16H20N4OS. The van der Waals surface area contributed by atoms with E-state index >= 15 is 0 Å². The number of amides is 2. The molecule has 116 valence electrons. The molecule has 1 aliphatic heterocycles. The van der Waals surface area contributed by atoms with Gasteiger partial charge in [0.25, 0.3) is 0 Å². The molecule has 1 saturated heterocycles. The monoisotopic (exact) mass is 316 g/mol. The van der Waals surface area contributed by atoms with Crippen molar-refractivity contribution in [2.24, 2.45) is 0 Å². The van der Waals surface area contributed by atoms with Gasteiger partial charge in [0.2, 0.25) is 5.13 Å². The molecule has 2 amide bonds. The summed E-state index contributed by atoms with van der Waals surface area (Å²) in [5.74, 6) is 0.544. The van der Waals surface area contributed by atoms with Crippen LogP contribution in [-0.4, -0.2) is 34.2 Å². The average Bonchev–Trinajstić information content (AvgIpc) is 2.80. The van der Waals surface area contributed by atoms with Crippen LogP contribution in [0.25, 0.3) is 0 Å². The number of urea groups is 1. The molecule has 1 aliphatic rings. The van der Waals surface area contributed by atoms with Crippen molar-refractivity contribution in [3.05, 3.63) is 40.9 Å². The highest BCUT2D eigenvalue weighted by Crippen LogP contribution is 2.28. The summed E-state index contributed by atoms with van der Waals surface area (Å²) in [6, 6.07) is 10.5. The first kappa shape index (κ1) is 15.0. The number of carbonyl (C=O) groups is 1. The van der Waals surface area contributed by atoms with E-state index in [2.05, 4.69) is 39.8 Å². The third kappa shape index (κ3) is 3.62. The van der Waals surface area contributed by atoms with E-state index in [1.165, 1.54) is 16.9 Å². The van der Waals surface area contributed by atoms with E-state index in [0.717, 1.165) is 37.4 Å². The van der Waals surface area contributed by atoms with Crippen LogP contribution >= 0.6 is 11.3 Å². The zero-order valence-electron chi connectivity index (χ0n) is 12.7. The van der Waals surface area contributed by atoms with Crippen molar-refractivity contribution in [2.75, 3.05) is 18.4 Å². The van der Waals surface area contributed by atoms with Gasteiger partial charge in [-0.15, -0.1) is 10.2 Å². The molecule has 1 aromatic carbocycles. The summed E-state index contributed by atoms with van der Waals surface area (Å²) in [6.07, 6.45) is 3.17. The van der Waals surface area contributed by atoms with E-state index < -0.39 is 0 Å². The molecule has 3 rings (SSSR count).